The lowest BCUT2D eigenvalue weighted by Crippen LogP contribution is -2.36. The molecular formula is C14H22ClN3OS. The van der Waals surface area contributed by atoms with Gasteiger partial charge in [-0.2, -0.15) is 11.8 Å². The van der Waals surface area contributed by atoms with E-state index < -0.39 is 0 Å². The van der Waals surface area contributed by atoms with Crippen LogP contribution in [0.4, 0.5) is 11.4 Å². The van der Waals surface area contributed by atoms with Crippen LogP contribution < -0.4 is 11.1 Å². The predicted molar refractivity (Wildman–Crippen MR) is 89.6 cm³/mol. The number of carbonyl (C=O) groups excluding carboxylic acids is 1. The van der Waals surface area contributed by atoms with Gasteiger partial charge in [0, 0.05) is 11.7 Å². The molecule has 3 N–H and O–H groups in total. The van der Waals surface area contributed by atoms with Crippen molar-refractivity contribution in [2.45, 2.75) is 19.4 Å². The van der Waals surface area contributed by atoms with E-state index in [1.54, 1.807) is 18.2 Å². The molecule has 1 amide bonds. The van der Waals surface area contributed by atoms with Crippen LogP contribution in [0.3, 0.4) is 0 Å². The van der Waals surface area contributed by atoms with Crippen molar-refractivity contribution in [1.82, 2.24) is 4.90 Å². The van der Waals surface area contributed by atoms with Crippen LogP contribution in [0.15, 0.2) is 18.2 Å². The fraction of sp³-hybridized carbons (Fsp3) is 0.500. The van der Waals surface area contributed by atoms with Gasteiger partial charge < -0.3 is 11.1 Å². The van der Waals surface area contributed by atoms with Crippen molar-refractivity contribution < 1.29 is 4.79 Å². The van der Waals surface area contributed by atoms with Crippen molar-refractivity contribution in [2.75, 3.05) is 36.7 Å². The zero-order valence-corrected chi connectivity index (χ0v) is 13.7. The number of nitrogens with one attached hydrogen (secondary N) is 1. The van der Waals surface area contributed by atoms with Gasteiger partial charge >= 0.3 is 0 Å². The molecule has 1 atom stereocenters. The number of benzene rings is 1. The Morgan fingerprint density at radius 1 is 1.55 bits per heavy atom. The number of anilines is 2. The summed E-state index contributed by atoms with van der Waals surface area (Å²) in [4.78, 5) is 14.0. The van der Waals surface area contributed by atoms with Crippen LogP contribution in [-0.2, 0) is 4.79 Å². The van der Waals surface area contributed by atoms with Crippen LogP contribution in [0.25, 0.3) is 0 Å². The van der Waals surface area contributed by atoms with Gasteiger partial charge in [0.1, 0.15) is 0 Å². The normalized spacial score (nSPS) is 12.4. The quantitative estimate of drug-likeness (QED) is 0.760. The number of amides is 1. The first-order valence-corrected chi connectivity index (χ1v) is 8.25. The second kappa shape index (κ2) is 8.39. The number of rotatable bonds is 7. The maximum absolute atomic E-state index is 12.0. The first-order valence-electron chi connectivity index (χ1n) is 6.48. The monoisotopic (exact) mass is 315 g/mol. The smallest absolute Gasteiger partial charge is 0.238 e. The SMILES string of the molecule is CSCCC(C)N(C)CC(=O)Nc1ccc(Cl)c(N)c1. The van der Waals surface area contributed by atoms with Gasteiger partial charge in [0.15, 0.2) is 0 Å². The van der Waals surface area contributed by atoms with Gasteiger partial charge in [-0.15, -0.1) is 0 Å². The summed E-state index contributed by atoms with van der Waals surface area (Å²) in [5.41, 5.74) is 6.84. The number of nitrogen functional groups attached to an aromatic ring is 1. The first kappa shape index (κ1) is 17.1. The van der Waals surface area contributed by atoms with Gasteiger partial charge in [0.05, 0.1) is 17.3 Å². The molecule has 0 aliphatic rings. The summed E-state index contributed by atoms with van der Waals surface area (Å²) in [6, 6.07) is 5.46. The third-order valence-electron chi connectivity index (χ3n) is 3.16. The second-order valence-electron chi connectivity index (χ2n) is 4.83. The average molecular weight is 316 g/mol. The van der Waals surface area contributed by atoms with E-state index in [1.165, 1.54) is 0 Å². The number of nitrogens with two attached hydrogens (primary N) is 1. The molecule has 1 unspecified atom stereocenters. The molecule has 0 heterocycles. The van der Waals surface area contributed by atoms with Crippen LogP contribution in [0.2, 0.25) is 5.02 Å². The summed E-state index contributed by atoms with van der Waals surface area (Å²) in [6.45, 7) is 2.49. The maximum Gasteiger partial charge on any atom is 0.238 e. The first-order chi connectivity index (χ1) is 9.43. The molecule has 0 saturated carbocycles. The minimum atomic E-state index is -0.0507. The minimum absolute atomic E-state index is 0.0507. The highest BCUT2D eigenvalue weighted by Gasteiger charge is 2.13. The molecule has 0 aliphatic heterocycles. The minimum Gasteiger partial charge on any atom is -0.397 e. The Morgan fingerprint density at radius 2 is 2.25 bits per heavy atom. The van der Waals surface area contributed by atoms with Gasteiger partial charge in [-0.1, -0.05) is 11.6 Å². The summed E-state index contributed by atoms with van der Waals surface area (Å²) >= 11 is 7.66. The number of likely N-dealkylation sites (N-methyl/N-ethyl adjacent to an activating group) is 1. The van der Waals surface area contributed by atoms with Crippen LogP contribution in [0.1, 0.15) is 13.3 Å². The van der Waals surface area contributed by atoms with Crippen molar-refractivity contribution in [3.8, 4) is 0 Å². The standard InChI is InChI=1S/C14H22ClN3OS/c1-10(6-7-20-3)18(2)9-14(19)17-11-4-5-12(15)13(16)8-11/h4-5,8,10H,6-7,9,16H2,1-3H3,(H,17,19). The Hall–Kier alpha value is -0.910. The van der Waals surface area contributed by atoms with E-state index in [0.29, 0.717) is 29.0 Å². The van der Waals surface area contributed by atoms with Crippen LogP contribution >= 0.6 is 23.4 Å². The molecular weight excluding hydrogens is 294 g/mol. The van der Waals surface area contributed by atoms with Crippen molar-refractivity contribution in [2.24, 2.45) is 0 Å². The fourth-order valence-corrected chi connectivity index (χ4v) is 2.41. The van der Waals surface area contributed by atoms with E-state index in [4.69, 9.17) is 17.3 Å². The molecule has 0 spiro atoms. The highest BCUT2D eigenvalue weighted by Crippen LogP contribution is 2.22. The summed E-state index contributed by atoms with van der Waals surface area (Å²) in [7, 11) is 1.96. The topological polar surface area (TPSA) is 58.4 Å². The number of hydrogen-bond donors (Lipinski definition) is 2. The Kier molecular flexibility index (Phi) is 7.19. The predicted octanol–water partition coefficient (Wildman–Crippen LogP) is 2.93. The molecule has 1 aromatic rings. The number of thioether (sulfide) groups is 1. The molecule has 6 heteroatoms. The Morgan fingerprint density at radius 3 is 2.85 bits per heavy atom. The van der Waals surface area contributed by atoms with Crippen LogP contribution in [0, 0.1) is 0 Å². The molecule has 0 saturated heterocycles. The largest absolute Gasteiger partial charge is 0.397 e. The second-order valence-corrected chi connectivity index (χ2v) is 6.22. The maximum atomic E-state index is 12.0. The van der Waals surface area contributed by atoms with E-state index in [2.05, 4.69) is 18.5 Å². The van der Waals surface area contributed by atoms with E-state index in [1.807, 2.05) is 23.7 Å². The van der Waals surface area contributed by atoms with E-state index in [9.17, 15) is 4.79 Å². The molecule has 0 aliphatic carbocycles. The summed E-state index contributed by atoms with van der Waals surface area (Å²) in [5.74, 6) is 1.05. The van der Waals surface area contributed by atoms with Crippen molar-refractivity contribution in [1.29, 1.82) is 0 Å². The fourth-order valence-electron chi connectivity index (χ4n) is 1.71. The average Bonchev–Trinajstić information content (AvgIpc) is 2.40. The zero-order chi connectivity index (χ0) is 15.1. The van der Waals surface area contributed by atoms with Gasteiger partial charge in [0.25, 0.3) is 0 Å². The molecule has 0 radical (unpaired) electrons. The third kappa shape index (κ3) is 5.61. The highest BCUT2D eigenvalue weighted by atomic mass is 35.5. The third-order valence-corrected chi connectivity index (χ3v) is 4.15. The molecule has 4 nitrogen and oxygen atoms in total. The van der Waals surface area contributed by atoms with Crippen molar-refractivity contribution in [3.63, 3.8) is 0 Å². The van der Waals surface area contributed by atoms with Gasteiger partial charge in [-0.05, 0) is 50.6 Å². The Bertz CT molecular complexity index is 456. The number of nitrogens with zero attached hydrogens (tertiary/aromatic N) is 1. The van der Waals surface area contributed by atoms with Crippen molar-refractivity contribution >= 4 is 40.6 Å². The molecule has 0 bridgehead atoms. The van der Waals surface area contributed by atoms with E-state index in [0.717, 1.165) is 12.2 Å². The van der Waals surface area contributed by atoms with Crippen molar-refractivity contribution in [3.05, 3.63) is 23.2 Å². The molecule has 112 valence electrons. The zero-order valence-electron chi connectivity index (χ0n) is 12.1. The van der Waals surface area contributed by atoms with Gasteiger partial charge in [0.2, 0.25) is 5.91 Å². The molecule has 1 aromatic carbocycles. The molecule has 20 heavy (non-hydrogen) atoms. The lowest BCUT2D eigenvalue weighted by atomic mass is 10.2. The van der Waals surface area contributed by atoms with Gasteiger partial charge in [-0.3, -0.25) is 9.69 Å². The number of carbonyl (C=O) groups is 1. The Balaban J connectivity index is 2.48. The van der Waals surface area contributed by atoms with Gasteiger partial charge in [-0.25, -0.2) is 0 Å². The molecule has 0 fully saturated rings. The Labute approximate surface area is 130 Å². The molecule has 0 aromatic heterocycles. The summed E-state index contributed by atoms with van der Waals surface area (Å²) < 4.78 is 0. The van der Waals surface area contributed by atoms with E-state index in [-0.39, 0.29) is 5.91 Å². The lowest BCUT2D eigenvalue weighted by molar-refractivity contribution is -0.117. The molecule has 1 rings (SSSR count). The highest BCUT2D eigenvalue weighted by molar-refractivity contribution is 7.98. The number of halogens is 1. The van der Waals surface area contributed by atoms with Crippen LogP contribution in [-0.4, -0.2) is 42.4 Å². The lowest BCUT2D eigenvalue weighted by Gasteiger charge is -2.23. The number of hydrogen-bond acceptors (Lipinski definition) is 4. The van der Waals surface area contributed by atoms with Crippen LogP contribution in [0.5, 0.6) is 0 Å². The van der Waals surface area contributed by atoms with E-state index >= 15 is 0 Å². The summed E-state index contributed by atoms with van der Waals surface area (Å²) in [6.07, 6.45) is 3.16. The summed E-state index contributed by atoms with van der Waals surface area (Å²) in [5, 5.41) is 3.32.